The second-order valence-corrected chi connectivity index (χ2v) is 6.93. The Kier molecular flexibility index (Phi) is 4.57. The van der Waals surface area contributed by atoms with Crippen LogP contribution in [0.2, 0.25) is 0 Å². The van der Waals surface area contributed by atoms with Gasteiger partial charge in [0.25, 0.3) is 11.1 Å². The van der Waals surface area contributed by atoms with Crippen LogP contribution in [-0.4, -0.2) is 29.3 Å². The molecular weight excluding hydrogens is 364 g/mol. The average molecular weight is 378 g/mol. The van der Waals surface area contributed by atoms with E-state index in [1.54, 1.807) is 42.5 Å². The molecule has 0 saturated carbocycles. The number of nitriles is 1. The first-order valence-corrected chi connectivity index (χ1v) is 9.10. The molecular formula is C20H14N2O4S. The largest absolute Gasteiger partial charge is 0.486 e. The normalized spacial score (nSPS) is 17.3. The first-order chi connectivity index (χ1) is 13.2. The van der Waals surface area contributed by atoms with E-state index in [0.717, 1.165) is 22.2 Å². The number of benzene rings is 2. The molecule has 0 atom stereocenters. The van der Waals surface area contributed by atoms with E-state index >= 15 is 0 Å². The lowest BCUT2D eigenvalue weighted by molar-refractivity contribution is -0.123. The molecule has 0 bridgehead atoms. The first kappa shape index (κ1) is 17.2. The van der Waals surface area contributed by atoms with Gasteiger partial charge in [-0.15, -0.1) is 0 Å². The molecule has 1 saturated heterocycles. The van der Waals surface area contributed by atoms with Crippen molar-refractivity contribution < 1.29 is 19.1 Å². The Morgan fingerprint density at radius 2 is 1.89 bits per heavy atom. The number of thioether (sulfide) groups is 1. The third-order valence-electron chi connectivity index (χ3n) is 4.20. The van der Waals surface area contributed by atoms with Gasteiger partial charge < -0.3 is 9.47 Å². The molecule has 2 heterocycles. The maximum absolute atomic E-state index is 12.7. The molecule has 2 aliphatic heterocycles. The van der Waals surface area contributed by atoms with Crippen LogP contribution in [0, 0.1) is 11.3 Å². The number of amides is 2. The number of fused-ring (bicyclic) bond motifs is 1. The summed E-state index contributed by atoms with van der Waals surface area (Å²) in [5.74, 6) is 0.921. The van der Waals surface area contributed by atoms with Crippen LogP contribution in [0.1, 0.15) is 16.7 Å². The van der Waals surface area contributed by atoms with Crippen molar-refractivity contribution in [3.8, 4) is 17.6 Å². The highest BCUT2D eigenvalue weighted by Crippen LogP contribution is 2.36. The van der Waals surface area contributed by atoms with Crippen molar-refractivity contribution in [2.75, 3.05) is 13.2 Å². The molecule has 7 heteroatoms. The van der Waals surface area contributed by atoms with Gasteiger partial charge in [-0.2, -0.15) is 5.26 Å². The lowest BCUT2D eigenvalue weighted by Gasteiger charge is -2.18. The third kappa shape index (κ3) is 3.39. The van der Waals surface area contributed by atoms with Crippen LogP contribution in [0.5, 0.6) is 11.5 Å². The van der Waals surface area contributed by atoms with E-state index in [1.807, 2.05) is 6.07 Å². The number of ether oxygens (including phenoxy) is 2. The van der Waals surface area contributed by atoms with Crippen molar-refractivity contribution in [3.63, 3.8) is 0 Å². The topological polar surface area (TPSA) is 79.6 Å². The Labute approximate surface area is 160 Å². The van der Waals surface area contributed by atoms with Crippen molar-refractivity contribution in [2.45, 2.75) is 6.54 Å². The molecule has 134 valence electrons. The molecule has 1 fully saturated rings. The molecule has 0 spiro atoms. The number of carbonyl (C=O) groups excluding carboxylic acids is 2. The van der Waals surface area contributed by atoms with Crippen molar-refractivity contribution in [1.82, 2.24) is 4.90 Å². The van der Waals surface area contributed by atoms with Gasteiger partial charge in [0.2, 0.25) is 0 Å². The van der Waals surface area contributed by atoms with E-state index in [1.165, 1.54) is 0 Å². The van der Waals surface area contributed by atoms with Gasteiger partial charge in [-0.3, -0.25) is 14.5 Å². The summed E-state index contributed by atoms with van der Waals surface area (Å²) in [6.07, 6.45) is 1.67. The number of imide groups is 1. The van der Waals surface area contributed by atoms with E-state index in [4.69, 9.17) is 9.47 Å². The van der Waals surface area contributed by atoms with Crippen LogP contribution >= 0.6 is 11.8 Å². The highest BCUT2D eigenvalue weighted by molar-refractivity contribution is 8.18. The van der Waals surface area contributed by atoms with Crippen molar-refractivity contribution >= 4 is 29.0 Å². The summed E-state index contributed by atoms with van der Waals surface area (Å²) < 4.78 is 11.0. The van der Waals surface area contributed by atoms with Gasteiger partial charge in [-0.1, -0.05) is 24.3 Å². The molecule has 0 unspecified atom stereocenters. The van der Waals surface area contributed by atoms with Crippen LogP contribution in [-0.2, 0) is 11.3 Å². The molecule has 2 amide bonds. The molecule has 0 aromatic heterocycles. The standard InChI is InChI=1S/C20H14N2O4S/c21-11-14-3-1-2-4-15(14)12-22-19(23)18(27-20(22)24)10-13-5-6-16-17(9-13)26-8-7-25-16/h1-6,9-10H,7-8,12H2/b18-10+. The number of nitrogens with zero attached hydrogens (tertiary/aromatic N) is 2. The maximum Gasteiger partial charge on any atom is 0.293 e. The van der Waals surface area contributed by atoms with E-state index in [-0.39, 0.29) is 17.7 Å². The Balaban J connectivity index is 1.58. The van der Waals surface area contributed by atoms with E-state index in [9.17, 15) is 14.9 Å². The summed E-state index contributed by atoms with van der Waals surface area (Å²) in [6.45, 7) is 1.06. The molecule has 2 aliphatic rings. The molecule has 27 heavy (non-hydrogen) atoms. The van der Waals surface area contributed by atoms with Gasteiger partial charge >= 0.3 is 0 Å². The second kappa shape index (κ2) is 7.17. The smallest absolute Gasteiger partial charge is 0.293 e. The second-order valence-electron chi connectivity index (χ2n) is 5.94. The van der Waals surface area contributed by atoms with E-state index < -0.39 is 0 Å². The van der Waals surface area contributed by atoms with Crippen LogP contribution in [0.25, 0.3) is 6.08 Å². The Morgan fingerprint density at radius 1 is 1.11 bits per heavy atom. The number of carbonyl (C=O) groups is 2. The van der Waals surface area contributed by atoms with Gasteiger partial charge in [-0.05, 0) is 47.2 Å². The summed E-state index contributed by atoms with van der Waals surface area (Å²) in [7, 11) is 0. The maximum atomic E-state index is 12.7. The van der Waals surface area contributed by atoms with Gasteiger partial charge in [0.15, 0.2) is 11.5 Å². The zero-order valence-electron chi connectivity index (χ0n) is 14.2. The lowest BCUT2D eigenvalue weighted by atomic mass is 10.1. The minimum atomic E-state index is -0.368. The zero-order valence-corrected chi connectivity index (χ0v) is 15.0. The van der Waals surface area contributed by atoms with Crippen LogP contribution in [0.4, 0.5) is 4.79 Å². The molecule has 2 aromatic rings. The van der Waals surface area contributed by atoms with Crippen molar-refractivity contribution in [2.24, 2.45) is 0 Å². The minimum absolute atomic E-state index is 0.0763. The highest BCUT2D eigenvalue weighted by Gasteiger charge is 2.35. The summed E-state index contributed by atoms with van der Waals surface area (Å²) in [6, 6.07) is 14.4. The Bertz CT molecular complexity index is 1010. The molecule has 6 nitrogen and oxygen atoms in total. The number of hydrogen-bond acceptors (Lipinski definition) is 6. The van der Waals surface area contributed by atoms with E-state index in [0.29, 0.717) is 40.7 Å². The van der Waals surface area contributed by atoms with Crippen molar-refractivity contribution in [1.29, 1.82) is 5.26 Å². The molecule has 0 radical (unpaired) electrons. The predicted molar refractivity (Wildman–Crippen MR) is 100 cm³/mol. The van der Waals surface area contributed by atoms with Crippen LogP contribution < -0.4 is 9.47 Å². The fourth-order valence-electron chi connectivity index (χ4n) is 2.87. The zero-order chi connectivity index (χ0) is 18.8. The van der Waals surface area contributed by atoms with Gasteiger partial charge in [-0.25, -0.2) is 0 Å². The summed E-state index contributed by atoms with van der Waals surface area (Å²) in [4.78, 5) is 26.5. The molecule has 0 aliphatic carbocycles. The van der Waals surface area contributed by atoms with Gasteiger partial charge in [0, 0.05) is 0 Å². The minimum Gasteiger partial charge on any atom is -0.486 e. The quantitative estimate of drug-likeness (QED) is 0.760. The first-order valence-electron chi connectivity index (χ1n) is 8.29. The van der Waals surface area contributed by atoms with Gasteiger partial charge in [0.05, 0.1) is 23.1 Å². The fourth-order valence-corrected chi connectivity index (χ4v) is 3.71. The van der Waals surface area contributed by atoms with Crippen molar-refractivity contribution in [3.05, 3.63) is 64.1 Å². The number of hydrogen-bond donors (Lipinski definition) is 0. The monoisotopic (exact) mass is 378 g/mol. The molecule has 0 N–H and O–H groups in total. The van der Waals surface area contributed by atoms with E-state index in [2.05, 4.69) is 6.07 Å². The highest BCUT2D eigenvalue weighted by atomic mass is 32.2. The SMILES string of the molecule is N#Cc1ccccc1CN1C(=O)S/C(=C/c2ccc3c(c2)OCCO3)C1=O. The number of rotatable bonds is 3. The Morgan fingerprint density at radius 3 is 2.70 bits per heavy atom. The summed E-state index contributed by atoms with van der Waals surface area (Å²) >= 11 is 0.890. The predicted octanol–water partition coefficient (Wildman–Crippen LogP) is 3.57. The summed E-state index contributed by atoms with van der Waals surface area (Å²) in [5, 5.41) is 8.84. The average Bonchev–Trinajstić information content (AvgIpc) is 2.95. The third-order valence-corrected chi connectivity index (χ3v) is 5.11. The van der Waals surface area contributed by atoms with Crippen LogP contribution in [0.3, 0.4) is 0 Å². The molecule has 4 rings (SSSR count). The Hall–Kier alpha value is -3.24. The lowest BCUT2D eigenvalue weighted by Crippen LogP contribution is -2.27. The van der Waals surface area contributed by atoms with Crippen LogP contribution in [0.15, 0.2) is 47.4 Å². The molecule has 2 aromatic carbocycles. The fraction of sp³-hybridized carbons (Fsp3) is 0.150. The summed E-state index contributed by atoms with van der Waals surface area (Å²) in [5.41, 5.74) is 1.84. The van der Waals surface area contributed by atoms with Gasteiger partial charge in [0.1, 0.15) is 13.2 Å².